The van der Waals surface area contributed by atoms with Gasteiger partial charge in [-0.3, -0.25) is 4.68 Å². The second-order valence-electron chi connectivity index (χ2n) is 3.37. The number of hydrogen-bond donors (Lipinski definition) is 1. The van der Waals surface area contributed by atoms with E-state index in [1.807, 2.05) is 6.92 Å². The van der Waals surface area contributed by atoms with Gasteiger partial charge in [0.2, 0.25) is 0 Å². The fraction of sp³-hybridized carbons (Fsp3) is 0.667. The summed E-state index contributed by atoms with van der Waals surface area (Å²) in [5.74, 6) is 0. The summed E-state index contributed by atoms with van der Waals surface area (Å²) in [7, 11) is 1.57. The highest BCUT2D eigenvalue weighted by Gasteiger charge is 2.38. The lowest BCUT2D eigenvalue weighted by atomic mass is 10.2. The summed E-state index contributed by atoms with van der Waals surface area (Å²) in [5, 5.41) is 12.9. The monoisotopic (exact) mass is 222 g/mol. The zero-order valence-electron chi connectivity index (χ0n) is 8.54. The first-order valence-corrected chi connectivity index (χ1v) is 4.61. The molecule has 1 N–H and O–H groups in total. The van der Waals surface area contributed by atoms with Crippen molar-refractivity contribution in [3.63, 3.8) is 0 Å². The molecule has 1 aromatic rings. The van der Waals surface area contributed by atoms with Crippen LogP contribution in [0.4, 0.5) is 13.2 Å². The van der Waals surface area contributed by atoms with Crippen molar-refractivity contribution in [2.45, 2.75) is 32.0 Å². The third kappa shape index (κ3) is 2.95. The molecule has 1 heterocycles. The standard InChI is InChI=1S/C9H13F3N2O/c1-3-6-4-7(14(2)13-6)5-8(15)9(10,11)12/h4,8,15H,3,5H2,1-2H3. The maximum Gasteiger partial charge on any atom is 0.414 e. The van der Waals surface area contributed by atoms with Crippen LogP contribution in [0.25, 0.3) is 0 Å². The summed E-state index contributed by atoms with van der Waals surface area (Å²) in [4.78, 5) is 0. The number of alkyl halides is 3. The van der Waals surface area contributed by atoms with E-state index in [4.69, 9.17) is 5.11 Å². The Bertz CT molecular complexity index is 333. The van der Waals surface area contributed by atoms with E-state index in [2.05, 4.69) is 5.10 Å². The molecule has 0 aromatic carbocycles. The third-order valence-electron chi connectivity index (χ3n) is 2.17. The Kier molecular flexibility index (Phi) is 3.38. The lowest BCUT2D eigenvalue weighted by molar-refractivity contribution is -0.203. The van der Waals surface area contributed by atoms with Gasteiger partial charge in [-0.15, -0.1) is 0 Å². The molecular formula is C9H13F3N2O. The molecule has 6 heteroatoms. The van der Waals surface area contributed by atoms with Gasteiger partial charge in [0.15, 0.2) is 6.10 Å². The molecule has 1 atom stereocenters. The van der Waals surface area contributed by atoms with E-state index >= 15 is 0 Å². The van der Waals surface area contributed by atoms with Crippen molar-refractivity contribution in [2.75, 3.05) is 0 Å². The van der Waals surface area contributed by atoms with E-state index in [0.717, 1.165) is 5.69 Å². The molecule has 0 aliphatic carbocycles. The Morgan fingerprint density at radius 3 is 2.53 bits per heavy atom. The molecule has 1 rings (SSSR count). The zero-order valence-corrected chi connectivity index (χ0v) is 8.54. The van der Waals surface area contributed by atoms with Gasteiger partial charge in [-0.1, -0.05) is 6.92 Å². The van der Waals surface area contributed by atoms with Crippen molar-refractivity contribution in [1.82, 2.24) is 9.78 Å². The zero-order chi connectivity index (χ0) is 11.6. The molecule has 0 fully saturated rings. The van der Waals surface area contributed by atoms with Crippen molar-refractivity contribution in [1.29, 1.82) is 0 Å². The van der Waals surface area contributed by atoms with E-state index in [1.54, 1.807) is 13.1 Å². The smallest absolute Gasteiger partial charge is 0.383 e. The largest absolute Gasteiger partial charge is 0.414 e. The minimum Gasteiger partial charge on any atom is -0.383 e. The highest BCUT2D eigenvalue weighted by molar-refractivity contribution is 5.11. The number of rotatable bonds is 3. The van der Waals surface area contributed by atoms with Crippen LogP contribution in [0.15, 0.2) is 6.07 Å². The van der Waals surface area contributed by atoms with Crippen molar-refractivity contribution >= 4 is 0 Å². The normalized spacial score (nSPS) is 14.3. The number of hydrogen-bond acceptors (Lipinski definition) is 2. The van der Waals surface area contributed by atoms with Crippen molar-refractivity contribution in [3.05, 3.63) is 17.5 Å². The molecular weight excluding hydrogens is 209 g/mol. The quantitative estimate of drug-likeness (QED) is 0.840. The predicted octanol–water partition coefficient (Wildman–Crippen LogP) is 1.45. The van der Waals surface area contributed by atoms with Crippen LogP contribution in [-0.4, -0.2) is 27.2 Å². The lowest BCUT2D eigenvalue weighted by Crippen LogP contribution is -2.31. The number of aryl methyl sites for hydroxylation is 2. The second-order valence-corrected chi connectivity index (χ2v) is 3.37. The highest BCUT2D eigenvalue weighted by Crippen LogP contribution is 2.23. The molecule has 0 bridgehead atoms. The fourth-order valence-electron chi connectivity index (χ4n) is 1.25. The first kappa shape index (κ1) is 12.0. The van der Waals surface area contributed by atoms with Crippen LogP contribution in [0.1, 0.15) is 18.3 Å². The minimum absolute atomic E-state index is 0.386. The van der Waals surface area contributed by atoms with Crippen LogP contribution < -0.4 is 0 Å². The molecule has 0 saturated carbocycles. The Morgan fingerprint density at radius 2 is 2.13 bits per heavy atom. The van der Waals surface area contributed by atoms with Gasteiger partial charge < -0.3 is 5.11 Å². The molecule has 3 nitrogen and oxygen atoms in total. The van der Waals surface area contributed by atoms with E-state index in [-0.39, 0.29) is 0 Å². The summed E-state index contributed by atoms with van der Waals surface area (Å²) < 4.78 is 37.6. The van der Waals surface area contributed by atoms with Crippen LogP contribution in [0.5, 0.6) is 0 Å². The van der Waals surface area contributed by atoms with Gasteiger partial charge in [-0.25, -0.2) is 0 Å². The van der Waals surface area contributed by atoms with Crippen LogP contribution in [0, 0.1) is 0 Å². The molecule has 0 amide bonds. The number of aliphatic hydroxyl groups is 1. The molecule has 0 saturated heterocycles. The van der Waals surface area contributed by atoms with Crippen molar-refractivity contribution in [2.24, 2.45) is 7.05 Å². The van der Waals surface area contributed by atoms with Gasteiger partial charge >= 0.3 is 6.18 Å². The van der Waals surface area contributed by atoms with Gasteiger partial charge in [0.25, 0.3) is 0 Å². The number of aliphatic hydroxyl groups excluding tert-OH is 1. The van der Waals surface area contributed by atoms with Crippen molar-refractivity contribution in [3.8, 4) is 0 Å². The van der Waals surface area contributed by atoms with Gasteiger partial charge in [0.1, 0.15) is 0 Å². The first-order chi connectivity index (χ1) is 6.84. The average Bonchev–Trinajstić information content (AvgIpc) is 2.45. The van der Waals surface area contributed by atoms with Crippen LogP contribution in [-0.2, 0) is 19.9 Å². The minimum atomic E-state index is -4.57. The third-order valence-corrected chi connectivity index (χ3v) is 2.17. The SMILES string of the molecule is CCc1cc(CC(O)C(F)(F)F)n(C)n1. The second kappa shape index (κ2) is 4.22. The Morgan fingerprint density at radius 1 is 1.53 bits per heavy atom. The Labute approximate surface area is 85.5 Å². The van der Waals surface area contributed by atoms with E-state index in [1.165, 1.54) is 4.68 Å². The van der Waals surface area contributed by atoms with Crippen LogP contribution >= 0.6 is 0 Å². The lowest BCUT2D eigenvalue weighted by Gasteiger charge is -2.13. The first-order valence-electron chi connectivity index (χ1n) is 4.61. The summed E-state index contributed by atoms with van der Waals surface area (Å²) >= 11 is 0. The van der Waals surface area contributed by atoms with E-state index < -0.39 is 18.7 Å². The summed E-state index contributed by atoms with van der Waals surface area (Å²) in [5.41, 5.74) is 1.11. The van der Waals surface area contributed by atoms with Crippen molar-refractivity contribution < 1.29 is 18.3 Å². The van der Waals surface area contributed by atoms with Gasteiger partial charge in [-0.2, -0.15) is 18.3 Å². The van der Waals surface area contributed by atoms with Gasteiger partial charge in [0.05, 0.1) is 5.69 Å². The number of nitrogens with zero attached hydrogens (tertiary/aromatic N) is 2. The molecule has 0 aliphatic heterocycles. The topological polar surface area (TPSA) is 38.0 Å². The van der Waals surface area contributed by atoms with E-state index in [9.17, 15) is 13.2 Å². The molecule has 1 unspecified atom stereocenters. The molecule has 0 spiro atoms. The van der Waals surface area contributed by atoms with E-state index in [0.29, 0.717) is 12.1 Å². The summed E-state index contributed by atoms with van der Waals surface area (Å²) in [6.45, 7) is 1.87. The molecule has 1 aromatic heterocycles. The fourth-order valence-corrected chi connectivity index (χ4v) is 1.25. The molecule has 15 heavy (non-hydrogen) atoms. The summed E-state index contributed by atoms with van der Waals surface area (Å²) in [6, 6.07) is 1.58. The van der Waals surface area contributed by atoms with Crippen LogP contribution in [0.3, 0.4) is 0 Å². The molecule has 0 radical (unpaired) electrons. The molecule has 86 valence electrons. The Balaban J connectivity index is 2.76. The van der Waals surface area contributed by atoms with Gasteiger partial charge in [0, 0.05) is 19.2 Å². The average molecular weight is 222 g/mol. The summed E-state index contributed by atoms with van der Waals surface area (Å²) in [6.07, 6.45) is -6.68. The number of aromatic nitrogens is 2. The maximum absolute atomic E-state index is 12.1. The highest BCUT2D eigenvalue weighted by atomic mass is 19.4. The predicted molar refractivity (Wildman–Crippen MR) is 48.4 cm³/mol. The molecule has 0 aliphatic rings. The van der Waals surface area contributed by atoms with Crippen LogP contribution in [0.2, 0.25) is 0 Å². The maximum atomic E-state index is 12.1. The van der Waals surface area contributed by atoms with Gasteiger partial charge in [-0.05, 0) is 12.5 Å². The number of halogens is 3. The Hall–Kier alpha value is -1.04.